The standard InChI is InChI=1S/C13H15FN2O4S2/c14-10-1-3-11(4-2-10)21-7-12(17)15-16-13(18)9-5-6-22(19,20)8-9/h1-4,9H,5-8H2,(H,15,17)(H,16,18)/t9-/m0/s1. The highest BCUT2D eigenvalue weighted by Crippen LogP contribution is 2.18. The Morgan fingerprint density at radius 2 is 1.91 bits per heavy atom. The van der Waals surface area contributed by atoms with Crippen LogP contribution in [-0.2, 0) is 19.4 Å². The summed E-state index contributed by atoms with van der Waals surface area (Å²) in [7, 11) is -3.14. The van der Waals surface area contributed by atoms with Crippen LogP contribution in [0.4, 0.5) is 4.39 Å². The Morgan fingerprint density at radius 3 is 2.50 bits per heavy atom. The number of sulfone groups is 1. The van der Waals surface area contributed by atoms with E-state index in [0.717, 1.165) is 4.90 Å². The van der Waals surface area contributed by atoms with E-state index in [2.05, 4.69) is 10.9 Å². The summed E-state index contributed by atoms with van der Waals surface area (Å²) >= 11 is 1.20. The number of hydrogen-bond donors (Lipinski definition) is 2. The van der Waals surface area contributed by atoms with Crippen molar-refractivity contribution in [2.75, 3.05) is 17.3 Å². The van der Waals surface area contributed by atoms with Crippen LogP contribution in [0.1, 0.15) is 6.42 Å². The fourth-order valence-corrected chi connectivity index (χ4v) is 4.39. The lowest BCUT2D eigenvalue weighted by Gasteiger charge is -2.10. The summed E-state index contributed by atoms with van der Waals surface area (Å²) in [5.41, 5.74) is 4.47. The number of rotatable bonds is 4. The number of carbonyl (C=O) groups excluding carboxylic acids is 2. The molecule has 120 valence electrons. The number of benzene rings is 1. The molecule has 1 aromatic carbocycles. The van der Waals surface area contributed by atoms with Crippen LogP contribution in [0, 0.1) is 11.7 Å². The number of nitrogens with one attached hydrogen (secondary N) is 2. The highest BCUT2D eigenvalue weighted by Gasteiger charge is 2.33. The molecule has 1 aromatic rings. The molecule has 1 heterocycles. The Kier molecular flexibility index (Phi) is 5.41. The summed E-state index contributed by atoms with van der Waals surface area (Å²) in [5, 5.41) is 0. The van der Waals surface area contributed by atoms with Crippen LogP contribution in [0.25, 0.3) is 0 Å². The molecule has 2 amide bonds. The first-order chi connectivity index (χ1) is 10.4. The molecule has 0 aliphatic carbocycles. The maximum atomic E-state index is 12.7. The van der Waals surface area contributed by atoms with Crippen LogP contribution in [0.2, 0.25) is 0 Å². The molecule has 0 aromatic heterocycles. The first-order valence-electron chi connectivity index (χ1n) is 6.53. The Bertz CT molecular complexity index is 661. The zero-order chi connectivity index (χ0) is 16.2. The summed E-state index contributed by atoms with van der Waals surface area (Å²) in [6.07, 6.45) is 0.272. The first-order valence-corrected chi connectivity index (χ1v) is 9.34. The van der Waals surface area contributed by atoms with Crippen LogP contribution in [-0.4, -0.2) is 37.5 Å². The van der Waals surface area contributed by atoms with E-state index in [1.165, 1.54) is 23.9 Å². The van der Waals surface area contributed by atoms with E-state index in [-0.39, 0.29) is 29.5 Å². The van der Waals surface area contributed by atoms with Gasteiger partial charge in [-0.25, -0.2) is 12.8 Å². The second-order valence-corrected chi connectivity index (χ2v) is 8.16. The van der Waals surface area contributed by atoms with Gasteiger partial charge in [-0.05, 0) is 30.7 Å². The lowest BCUT2D eigenvalue weighted by Crippen LogP contribution is -2.45. The zero-order valence-corrected chi connectivity index (χ0v) is 13.2. The number of carbonyl (C=O) groups is 2. The highest BCUT2D eigenvalue weighted by molar-refractivity contribution is 8.00. The van der Waals surface area contributed by atoms with Gasteiger partial charge in [-0.15, -0.1) is 11.8 Å². The van der Waals surface area contributed by atoms with E-state index < -0.39 is 27.6 Å². The second kappa shape index (κ2) is 7.10. The Labute approximate surface area is 131 Å². The monoisotopic (exact) mass is 346 g/mol. The molecule has 9 heteroatoms. The molecule has 0 unspecified atom stereocenters. The Morgan fingerprint density at radius 1 is 1.23 bits per heavy atom. The predicted molar refractivity (Wildman–Crippen MR) is 80.2 cm³/mol. The molecule has 0 spiro atoms. The van der Waals surface area contributed by atoms with Crippen LogP contribution < -0.4 is 10.9 Å². The summed E-state index contributed by atoms with van der Waals surface area (Å²) in [5.74, 6) is -2.03. The van der Waals surface area contributed by atoms with E-state index in [1.807, 2.05) is 0 Å². The molecule has 0 bridgehead atoms. The minimum Gasteiger partial charge on any atom is -0.273 e. The van der Waals surface area contributed by atoms with E-state index in [9.17, 15) is 22.4 Å². The molecule has 1 fully saturated rings. The molecule has 2 rings (SSSR count). The number of hydrogen-bond acceptors (Lipinski definition) is 5. The summed E-state index contributed by atoms with van der Waals surface area (Å²) in [6, 6.07) is 5.69. The maximum absolute atomic E-state index is 12.7. The molecule has 1 aliphatic heterocycles. The van der Waals surface area contributed by atoms with Gasteiger partial charge < -0.3 is 0 Å². The van der Waals surface area contributed by atoms with Crippen LogP contribution in [0.15, 0.2) is 29.2 Å². The van der Waals surface area contributed by atoms with Crippen LogP contribution in [0.5, 0.6) is 0 Å². The average molecular weight is 346 g/mol. The molecule has 1 aliphatic rings. The van der Waals surface area contributed by atoms with Crippen molar-refractivity contribution < 1.29 is 22.4 Å². The number of halogens is 1. The van der Waals surface area contributed by atoms with E-state index in [1.54, 1.807) is 12.1 Å². The lowest BCUT2D eigenvalue weighted by molar-refractivity contribution is -0.129. The summed E-state index contributed by atoms with van der Waals surface area (Å²) in [4.78, 5) is 24.0. The van der Waals surface area contributed by atoms with Gasteiger partial charge in [0.2, 0.25) is 11.8 Å². The van der Waals surface area contributed by atoms with Crippen molar-refractivity contribution in [2.24, 2.45) is 5.92 Å². The normalized spacial score (nSPS) is 19.6. The second-order valence-electron chi connectivity index (χ2n) is 4.88. The lowest BCUT2D eigenvalue weighted by atomic mass is 10.1. The van der Waals surface area contributed by atoms with Gasteiger partial charge in [0, 0.05) is 4.90 Å². The summed E-state index contributed by atoms with van der Waals surface area (Å²) in [6.45, 7) is 0. The zero-order valence-electron chi connectivity index (χ0n) is 11.5. The first kappa shape index (κ1) is 16.8. The van der Waals surface area contributed by atoms with Gasteiger partial charge in [-0.3, -0.25) is 20.4 Å². The molecule has 22 heavy (non-hydrogen) atoms. The van der Waals surface area contributed by atoms with Crippen molar-refractivity contribution >= 4 is 33.4 Å². The third-order valence-electron chi connectivity index (χ3n) is 3.11. The van der Waals surface area contributed by atoms with Gasteiger partial charge in [0.25, 0.3) is 0 Å². The number of hydrazine groups is 1. The van der Waals surface area contributed by atoms with Gasteiger partial charge in [-0.1, -0.05) is 0 Å². The van der Waals surface area contributed by atoms with Gasteiger partial charge in [0.15, 0.2) is 9.84 Å². The van der Waals surface area contributed by atoms with Gasteiger partial charge in [-0.2, -0.15) is 0 Å². The number of thioether (sulfide) groups is 1. The van der Waals surface area contributed by atoms with Gasteiger partial charge >= 0.3 is 0 Å². The van der Waals surface area contributed by atoms with Gasteiger partial charge in [0.1, 0.15) is 5.82 Å². The van der Waals surface area contributed by atoms with Crippen LogP contribution >= 0.6 is 11.8 Å². The average Bonchev–Trinajstić information content (AvgIpc) is 2.84. The summed E-state index contributed by atoms with van der Waals surface area (Å²) < 4.78 is 35.3. The molecule has 1 saturated heterocycles. The molecule has 6 nitrogen and oxygen atoms in total. The quantitative estimate of drug-likeness (QED) is 0.612. The van der Waals surface area contributed by atoms with E-state index in [4.69, 9.17) is 0 Å². The smallest absolute Gasteiger partial charge is 0.248 e. The van der Waals surface area contributed by atoms with Crippen molar-refractivity contribution in [1.82, 2.24) is 10.9 Å². The molecule has 0 saturated carbocycles. The topological polar surface area (TPSA) is 92.3 Å². The molecule has 2 N–H and O–H groups in total. The Hall–Kier alpha value is -1.61. The van der Waals surface area contributed by atoms with Crippen molar-refractivity contribution in [2.45, 2.75) is 11.3 Å². The molecular weight excluding hydrogens is 331 g/mol. The third-order valence-corrected chi connectivity index (χ3v) is 5.89. The SMILES string of the molecule is O=C(CSc1ccc(F)cc1)NNC(=O)[C@H]1CCS(=O)(=O)C1. The van der Waals surface area contributed by atoms with E-state index >= 15 is 0 Å². The fourth-order valence-electron chi connectivity index (χ4n) is 1.95. The minimum atomic E-state index is -3.14. The fraction of sp³-hybridized carbons (Fsp3) is 0.385. The van der Waals surface area contributed by atoms with Crippen molar-refractivity contribution in [3.63, 3.8) is 0 Å². The van der Waals surface area contributed by atoms with Crippen molar-refractivity contribution in [1.29, 1.82) is 0 Å². The minimum absolute atomic E-state index is 0.000544. The maximum Gasteiger partial charge on any atom is 0.248 e. The van der Waals surface area contributed by atoms with E-state index in [0.29, 0.717) is 0 Å². The molecular formula is C13H15FN2O4S2. The molecule has 0 radical (unpaired) electrons. The Balaban J connectivity index is 1.71. The van der Waals surface area contributed by atoms with Crippen molar-refractivity contribution in [3.8, 4) is 0 Å². The highest BCUT2D eigenvalue weighted by atomic mass is 32.2. The van der Waals surface area contributed by atoms with Gasteiger partial charge in [0.05, 0.1) is 23.2 Å². The van der Waals surface area contributed by atoms with Crippen LogP contribution in [0.3, 0.4) is 0 Å². The largest absolute Gasteiger partial charge is 0.273 e. The van der Waals surface area contributed by atoms with Crippen molar-refractivity contribution in [3.05, 3.63) is 30.1 Å². The predicted octanol–water partition coefficient (Wildman–Crippen LogP) is 0.500. The molecule has 1 atom stereocenters. The number of amides is 2. The third kappa shape index (κ3) is 4.99.